The lowest BCUT2D eigenvalue weighted by Crippen LogP contribution is -2.39. The van der Waals surface area contributed by atoms with E-state index in [1.165, 1.54) is 11.3 Å². The average Bonchev–Trinajstić information content (AvgIpc) is 2.83. The van der Waals surface area contributed by atoms with Gasteiger partial charge >= 0.3 is 5.97 Å². The molecule has 1 fully saturated rings. The third kappa shape index (κ3) is 3.56. The number of aliphatic carboxylic acids is 1. The molecule has 0 aromatic carbocycles. The Morgan fingerprint density at radius 2 is 2.10 bits per heavy atom. The van der Waals surface area contributed by atoms with Gasteiger partial charge in [0.1, 0.15) is 0 Å². The topological polar surface area (TPSA) is 79.3 Å². The largest absolute Gasteiger partial charge is 0.481 e. The number of aromatic nitrogens is 1. The zero-order valence-corrected chi connectivity index (χ0v) is 12.5. The molecule has 0 unspecified atom stereocenters. The molecule has 1 aromatic rings. The Hall–Kier alpha value is -1.43. The lowest BCUT2D eigenvalue weighted by Gasteiger charge is -2.32. The van der Waals surface area contributed by atoms with Crippen LogP contribution in [0.5, 0.6) is 0 Å². The highest BCUT2D eigenvalue weighted by atomic mass is 32.1. The van der Waals surface area contributed by atoms with Crippen molar-refractivity contribution in [3.63, 3.8) is 0 Å². The molecule has 0 radical (unpaired) electrons. The van der Waals surface area contributed by atoms with Crippen LogP contribution in [-0.2, 0) is 16.1 Å². The van der Waals surface area contributed by atoms with E-state index < -0.39 is 11.4 Å². The van der Waals surface area contributed by atoms with Crippen molar-refractivity contribution >= 4 is 23.2 Å². The van der Waals surface area contributed by atoms with Gasteiger partial charge in [-0.3, -0.25) is 9.59 Å². The van der Waals surface area contributed by atoms with Gasteiger partial charge in [0, 0.05) is 11.8 Å². The first-order chi connectivity index (χ1) is 9.52. The quantitative estimate of drug-likeness (QED) is 0.875. The Labute approximate surface area is 122 Å². The molecular formula is C14H20N2O3S. The first-order valence-corrected chi connectivity index (χ1v) is 7.81. The summed E-state index contributed by atoms with van der Waals surface area (Å²) in [5, 5.41) is 15.1. The first-order valence-electron chi connectivity index (χ1n) is 6.93. The third-order valence-electron chi connectivity index (χ3n) is 3.90. The summed E-state index contributed by atoms with van der Waals surface area (Å²) in [6, 6.07) is 0. The van der Waals surface area contributed by atoms with Crippen LogP contribution in [0, 0.1) is 12.3 Å². The van der Waals surface area contributed by atoms with Crippen molar-refractivity contribution in [1.29, 1.82) is 0 Å². The van der Waals surface area contributed by atoms with Crippen LogP contribution in [0.3, 0.4) is 0 Å². The first kappa shape index (κ1) is 15.0. The summed E-state index contributed by atoms with van der Waals surface area (Å²) < 4.78 is 0. The molecule has 5 nitrogen and oxygen atoms in total. The predicted octanol–water partition coefficient (Wildman–Crippen LogP) is 2.49. The lowest BCUT2D eigenvalue weighted by atomic mass is 9.71. The Morgan fingerprint density at radius 1 is 1.40 bits per heavy atom. The van der Waals surface area contributed by atoms with Crippen LogP contribution in [0.25, 0.3) is 0 Å². The number of thiazole rings is 1. The number of rotatable bonds is 5. The molecule has 0 saturated heterocycles. The van der Waals surface area contributed by atoms with Crippen LogP contribution in [0.1, 0.15) is 49.2 Å². The molecular weight excluding hydrogens is 276 g/mol. The van der Waals surface area contributed by atoms with Crippen molar-refractivity contribution in [2.75, 3.05) is 0 Å². The fraction of sp³-hybridized carbons (Fsp3) is 0.643. The minimum absolute atomic E-state index is 0.0749. The van der Waals surface area contributed by atoms with Gasteiger partial charge < -0.3 is 10.4 Å². The van der Waals surface area contributed by atoms with Crippen LogP contribution in [0.15, 0.2) is 5.38 Å². The molecule has 1 aromatic heterocycles. The summed E-state index contributed by atoms with van der Waals surface area (Å²) in [5.41, 5.74) is -0.0331. The normalized spacial score (nSPS) is 17.6. The van der Waals surface area contributed by atoms with E-state index in [-0.39, 0.29) is 12.3 Å². The standard InChI is InChI=1S/C14H20N2O3S/c1-10-16-11(9-20-10)8-15-12(17)7-14(13(18)19)5-3-2-4-6-14/h9H,2-8H2,1H3,(H,15,17)(H,18,19). The van der Waals surface area contributed by atoms with Crippen LogP contribution >= 0.6 is 11.3 Å². The maximum absolute atomic E-state index is 12.0. The second kappa shape index (κ2) is 6.35. The number of hydrogen-bond donors (Lipinski definition) is 2. The van der Waals surface area contributed by atoms with Crippen molar-refractivity contribution in [2.24, 2.45) is 5.41 Å². The number of carboxylic acid groups (broad SMARTS) is 1. The highest BCUT2D eigenvalue weighted by Gasteiger charge is 2.41. The van der Waals surface area contributed by atoms with Gasteiger partial charge in [-0.2, -0.15) is 0 Å². The second-order valence-corrected chi connectivity index (χ2v) is 6.52. The van der Waals surface area contributed by atoms with E-state index in [0.717, 1.165) is 30.0 Å². The molecule has 0 aliphatic heterocycles. The number of aryl methyl sites for hydroxylation is 1. The van der Waals surface area contributed by atoms with E-state index in [0.29, 0.717) is 19.4 Å². The van der Waals surface area contributed by atoms with Crippen LogP contribution in [0.2, 0.25) is 0 Å². The zero-order valence-electron chi connectivity index (χ0n) is 11.6. The molecule has 1 saturated carbocycles. The fourth-order valence-electron chi connectivity index (χ4n) is 2.74. The molecule has 110 valence electrons. The van der Waals surface area contributed by atoms with Crippen LogP contribution in [-0.4, -0.2) is 22.0 Å². The smallest absolute Gasteiger partial charge is 0.310 e. The van der Waals surface area contributed by atoms with E-state index in [9.17, 15) is 14.7 Å². The molecule has 2 N–H and O–H groups in total. The second-order valence-electron chi connectivity index (χ2n) is 5.46. The van der Waals surface area contributed by atoms with Crippen molar-refractivity contribution < 1.29 is 14.7 Å². The number of amides is 1. The molecule has 0 bridgehead atoms. The van der Waals surface area contributed by atoms with Gasteiger partial charge in [0.25, 0.3) is 0 Å². The number of nitrogens with zero attached hydrogens (tertiary/aromatic N) is 1. The Morgan fingerprint density at radius 3 is 2.65 bits per heavy atom. The number of carbonyl (C=O) groups is 2. The van der Waals surface area contributed by atoms with Gasteiger partial charge in [0.15, 0.2) is 0 Å². The molecule has 1 heterocycles. The lowest BCUT2D eigenvalue weighted by molar-refractivity contribution is -0.154. The number of carbonyl (C=O) groups excluding carboxylic acids is 1. The number of nitrogens with one attached hydrogen (secondary N) is 1. The summed E-state index contributed by atoms with van der Waals surface area (Å²) >= 11 is 1.54. The highest BCUT2D eigenvalue weighted by molar-refractivity contribution is 7.09. The van der Waals surface area contributed by atoms with Crippen molar-refractivity contribution in [1.82, 2.24) is 10.3 Å². The highest BCUT2D eigenvalue weighted by Crippen LogP contribution is 2.39. The van der Waals surface area contributed by atoms with Gasteiger partial charge in [0.05, 0.1) is 22.7 Å². The number of carboxylic acids is 1. The Kier molecular flexibility index (Phi) is 4.75. The van der Waals surface area contributed by atoms with Gasteiger partial charge in [-0.15, -0.1) is 11.3 Å². The molecule has 1 aliphatic rings. The van der Waals surface area contributed by atoms with Crippen molar-refractivity contribution in [2.45, 2.75) is 52.0 Å². The van der Waals surface area contributed by atoms with E-state index in [2.05, 4.69) is 10.3 Å². The molecule has 6 heteroatoms. The summed E-state index contributed by atoms with van der Waals surface area (Å²) in [7, 11) is 0. The third-order valence-corrected chi connectivity index (χ3v) is 4.72. The zero-order chi connectivity index (χ0) is 14.6. The minimum atomic E-state index is -0.861. The molecule has 1 aliphatic carbocycles. The molecule has 0 atom stereocenters. The monoisotopic (exact) mass is 296 g/mol. The maximum atomic E-state index is 12.0. The van der Waals surface area contributed by atoms with Crippen molar-refractivity contribution in [3.05, 3.63) is 16.1 Å². The van der Waals surface area contributed by atoms with Crippen LogP contribution in [0.4, 0.5) is 0 Å². The predicted molar refractivity (Wildman–Crippen MR) is 76.5 cm³/mol. The minimum Gasteiger partial charge on any atom is -0.481 e. The summed E-state index contributed by atoms with van der Waals surface area (Å²) in [6.45, 7) is 2.29. The average molecular weight is 296 g/mol. The van der Waals surface area contributed by atoms with Crippen molar-refractivity contribution in [3.8, 4) is 0 Å². The van der Waals surface area contributed by atoms with Gasteiger partial charge in [-0.25, -0.2) is 4.98 Å². The van der Waals surface area contributed by atoms with Gasteiger partial charge in [-0.1, -0.05) is 19.3 Å². The van der Waals surface area contributed by atoms with E-state index in [1.807, 2.05) is 12.3 Å². The molecule has 2 rings (SSSR count). The fourth-order valence-corrected chi connectivity index (χ4v) is 3.36. The van der Waals surface area contributed by atoms with E-state index in [1.54, 1.807) is 0 Å². The SMILES string of the molecule is Cc1nc(CNC(=O)CC2(C(=O)O)CCCCC2)cs1. The Bertz CT molecular complexity index is 492. The van der Waals surface area contributed by atoms with Gasteiger partial charge in [0.2, 0.25) is 5.91 Å². The van der Waals surface area contributed by atoms with E-state index in [4.69, 9.17) is 0 Å². The van der Waals surface area contributed by atoms with Crippen LogP contribution < -0.4 is 5.32 Å². The van der Waals surface area contributed by atoms with Gasteiger partial charge in [-0.05, 0) is 19.8 Å². The maximum Gasteiger partial charge on any atom is 0.310 e. The summed E-state index contributed by atoms with van der Waals surface area (Å²) in [6.07, 6.45) is 4.13. The summed E-state index contributed by atoms with van der Waals surface area (Å²) in [5.74, 6) is -1.03. The molecule has 1 amide bonds. The summed E-state index contributed by atoms with van der Waals surface area (Å²) in [4.78, 5) is 27.8. The van der Waals surface area contributed by atoms with E-state index >= 15 is 0 Å². The molecule has 20 heavy (non-hydrogen) atoms. The Balaban J connectivity index is 1.90. The number of hydrogen-bond acceptors (Lipinski definition) is 4. The molecule has 0 spiro atoms.